The van der Waals surface area contributed by atoms with Crippen LogP contribution in [0.1, 0.15) is 0 Å². The maximum absolute atomic E-state index is 11.6. The topological polar surface area (TPSA) is 75.3 Å². The molecule has 1 saturated heterocycles. The van der Waals surface area contributed by atoms with Gasteiger partial charge in [0.05, 0.1) is 10.8 Å². The van der Waals surface area contributed by atoms with Crippen LogP contribution in [-0.2, 0) is 14.6 Å². The van der Waals surface area contributed by atoms with E-state index in [9.17, 15) is 13.2 Å². The molecule has 1 amide bonds. The minimum absolute atomic E-state index is 0.0181. The summed E-state index contributed by atoms with van der Waals surface area (Å²) in [4.78, 5) is 11.9. The lowest BCUT2D eigenvalue weighted by molar-refractivity contribution is -0.121. The standard InChI is InChI=1S/C11H14N2O3S/c1-17(15,16)10-4-2-9(3-5-10)13-11(14)8-6-12-7-8/h2-5,8,12H,6-7H2,1H3,(H,13,14). The van der Waals surface area contributed by atoms with Crippen LogP contribution < -0.4 is 10.6 Å². The van der Waals surface area contributed by atoms with E-state index in [1.165, 1.54) is 12.1 Å². The molecule has 1 heterocycles. The molecule has 5 nitrogen and oxygen atoms in total. The average Bonchev–Trinajstić information content (AvgIpc) is 2.13. The minimum atomic E-state index is -3.18. The van der Waals surface area contributed by atoms with Crippen molar-refractivity contribution in [1.29, 1.82) is 0 Å². The molecular formula is C11H14N2O3S. The number of nitrogens with one attached hydrogen (secondary N) is 2. The van der Waals surface area contributed by atoms with Crippen molar-refractivity contribution in [2.24, 2.45) is 5.92 Å². The molecule has 92 valence electrons. The van der Waals surface area contributed by atoms with E-state index in [0.29, 0.717) is 18.8 Å². The SMILES string of the molecule is CS(=O)(=O)c1ccc(NC(=O)C2CNC2)cc1. The summed E-state index contributed by atoms with van der Waals surface area (Å²) in [5, 5.41) is 5.77. The van der Waals surface area contributed by atoms with Gasteiger partial charge in [0, 0.05) is 25.0 Å². The maximum Gasteiger partial charge on any atom is 0.230 e. The van der Waals surface area contributed by atoms with E-state index in [4.69, 9.17) is 0 Å². The Balaban J connectivity index is 2.05. The average molecular weight is 254 g/mol. The quantitative estimate of drug-likeness (QED) is 0.810. The lowest BCUT2D eigenvalue weighted by Gasteiger charge is -2.25. The number of sulfone groups is 1. The first-order valence-corrected chi connectivity index (χ1v) is 7.17. The smallest absolute Gasteiger partial charge is 0.230 e. The van der Waals surface area contributed by atoms with Gasteiger partial charge in [-0.1, -0.05) is 0 Å². The van der Waals surface area contributed by atoms with Crippen LogP contribution in [0, 0.1) is 5.92 Å². The van der Waals surface area contributed by atoms with Gasteiger partial charge in [0.25, 0.3) is 0 Å². The lowest BCUT2D eigenvalue weighted by Crippen LogP contribution is -2.48. The second-order valence-electron chi connectivity index (χ2n) is 4.14. The minimum Gasteiger partial charge on any atom is -0.326 e. The van der Waals surface area contributed by atoms with Crippen LogP contribution in [0.2, 0.25) is 0 Å². The summed E-state index contributed by atoms with van der Waals surface area (Å²) in [6.07, 6.45) is 1.15. The first-order valence-electron chi connectivity index (χ1n) is 5.28. The van der Waals surface area contributed by atoms with E-state index < -0.39 is 9.84 Å². The number of carbonyl (C=O) groups excluding carboxylic acids is 1. The van der Waals surface area contributed by atoms with Gasteiger partial charge in [0.15, 0.2) is 9.84 Å². The number of anilines is 1. The molecule has 0 unspecified atom stereocenters. The summed E-state index contributed by atoms with van der Waals surface area (Å²) >= 11 is 0. The predicted molar refractivity (Wildman–Crippen MR) is 64.5 cm³/mol. The molecule has 0 radical (unpaired) electrons. The third-order valence-corrected chi connectivity index (χ3v) is 3.83. The molecule has 0 aliphatic carbocycles. The third-order valence-electron chi connectivity index (χ3n) is 2.70. The Bertz CT molecular complexity index is 518. The second kappa shape index (κ2) is 4.46. The number of hydrogen-bond donors (Lipinski definition) is 2. The van der Waals surface area contributed by atoms with Crippen LogP contribution in [-0.4, -0.2) is 33.7 Å². The number of amides is 1. The summed E-state index contributed by atoms with van der Waals surface area (Å²) in [5.74, 6) is -0.0135. The Morgan fingerprint density at radius 2 is 1.88 bits per heavy atom. The predicted octanol–water partition coefficient (Wildman–Crippen LogP) is 0.248. The molecule has 6 heteroatoms. The fourth-order valence-corrected chi connectivity index (χ4v) is 2.13. The van der Waals surface area contributed by atoms with Crippen molar-refractivity contribution in [3.8, 4) is 0 Å². The van der Waals surface area contributed by atoms with Gasteiger partial charge in [-0.25, -0.2) is 8.42 Å². The van der Waals surface area contributed by atoms with Crippen LogP contribution in [0.4, 0.5) is 5.69 Å². The Labute approximate surface area is 100 Å². The summed E-state index contributed by atoms with van der Waals surface area (Å²) in [6, 6.07) is 6.18. The first-order chi connectivity index (χ1) is 7.97. The maximum atomic E-state index is 11.6. The number of rotatable bonds is 3. The molecule has 17 heavy (non-hydrogen) atoms. The largest absolute Gasteiger partial charge is 0.326 e. The highest BCUT2D eigenvalue weighted by atomic mass is 32.2. The van der Waals surface area contributed by atoms with Crippen molar-refractivity contribution in [2.45, 2.75) is 4.90 Å². The molecule has 0 saturated carbocycles. The Hall–Kier alpha value is -1.40. The van der Waals surface area contributed by atoms with Gasteiger partial charge in [-0.15, -0.1) is 0 Å². The van der Waals surface area contributed by atoms with Gasteiger partial charge in [0.1, 0.15) is 0 Å². The molecule has 1 aliphatic heterocycles. The van der Waals surface area contributed by atoms with Gasteiger partial charge in [-0.05, 0) is 24.3 Å². The molecule has 1 aromatic carbocycles. The van der Waals surface area contributed by atoms with Gasteiger partial charge < -0.3 is 10.6 Å². The van der Waals surface area contributed by atoms with Crippen LogP contribution in [0.15, 0.2) is 29.2 Å². The van der Waals surface area contributed by atoms with E-state index in [1.807, 2.05) is 0 Å². The van der Waals surface area contributed by atoms with Crippen molar-refractivity contribution in [2.75, 3.05) is 24.7 Å². The molecule has 0 spiro atoms. The fourth-order valence-electron chi connectivity index (χ4n) is 1.50. The van der Waals surface area contributed by atoms with Crippen LogP contribution in [0.25, 0.3) is 0 Å². The highest BCUT2D eigenvalue weighted by Gasteiger charge is 2.24. The van der Waals surface area contributed by atoms with Crippen molar-refractivity contribution in [3.63, 3.8) is 0 Å². The first kappa shape index (κ1) is 12.1. The van der Waals surface area contributed by atoms with Crippen molar-refractivity contribution >= 4 is 21.4 Å². The molecule has 0 bridgehead atoms. The van der Waals surface area contributed by atoms with E-state index in [1.54, 1.807) is 12.1 Å². The van der Waals surface area contributed by atoms with Crippen LogP contribution >= 0.6 is 0 Å². The molecule has 0 atom stereocenters. The molecule has 1 aliphatic rings. The van der Waals surface area contributed by atoms with Crippen molar-refractivity contribution in [3.05, 3.63) is 24.3 Å². The highest BCUT2D eigenvalue weighted by molar-refractivity contribution is 7.90. The van der Waals surface area contributed by atoms with E-state index in [-0.39, 0.29) is 16.7 Å². The molecule has 2 rings (SSSR count). The second-order valence-corrected chi connectivity index (χ2v) is 6.16. The zero-order chi connectivity index (χ0) is 12.5. The van der Waals surface area contributed by atoms with Crippen LogP contribution in [0.5, 0.6) is 0 Å². The monoisotopic (exact) mass is 254 g/mol. The summed E-state index contributed by atoms with van der Waals surface area (Å²) < 4.78 is 22.5. The normalized spacial score (nSPS) is 16.3. The number of carbonyl (C=O) groups is 1. The van der Waals surface area contributed by atoms with E-state index in [2.05, 4.69) is 10.6 Å². The number of hydrogen-bond acceptors (Lipinski definition) is 4. The molecular weight excluding hydrogens is 240 g/mol. The highest BCUT2D eigenvalue weighted by Crippen LogP contribution is 2.15. The van der Waals surface area contributed by atoms with E-state index >= 15 is 0 Å². The summed E-state index contributed by atoms with van der Waals surface area (Å²) in [6.45, 7) is 1.40. The molecule has 0 aromatic heterocycles. The van der Waals surface area contributed by atoms with Crippen molar-refractivity contribution in [1.82, 2.24) is 5.32 Å². The zero-order valence-corrected chi connectivity index (χ0v) is 10.3. The number of benzene rings is 1. The summed E-state index contributed by atoms with van der Waals surface area (Å²) in [5.41, 5.74) is 0.620. The van der Waals surface area contributed by atoms with Crippen molar-refractivity contribution < 1.29 is 13.2 Å². The van der Waals surface area contributed by atoms with E-state index in [0.717, 1.165) is 6.26 Å². The molecule has 1 fully saturated rings. The zero-order valence-electron chi connectivity index (χ0n) is 9.43. The van der Waals surface area contributed by atoms with Gasteiger partial charge in [-0.3, -0.25) is 4.79 Å². The van der Waals surface area contributed by atoms with Crippen LogP contribution in [0.3, 0.4) is 0 Å². The molecule has 1 aromatic rings. The van der Waals surface area contributed by atoms with Gasteiger partial charge >= 0.3 is 0 Å². The third kappa shape index (κ3) is 2.83. The Morgan fingerprint density at radius 3 is 2.29 bits per heavy atom. The fraction of sp³-hybridized carbons (Fsp3) is 0.364. The summed E-state index contributed by atoms with van der Waals surface area (Å²) in [7, 11) is -3.18. The Kier molecular flexibility index (Phi) is 3.17. The van der Waals surface area contributed by atoms with Gasteiger partial charge in [-0.2, -0.15) is 0 Å². The van der Waals surface area contributed by atoms with Gasteiger partial charge in [0.2, 0.25) is 5.91 Å². The molecule has 2 N–H and O–H groups in total. The lowest BCUT2D eigenvalue weighted by atomic mass is 10.0. The Morgan fingerprint density at radius 1 is 1.29 bits per heavy atom.